The summed E-state index contributed by atoms with van der Waals surface area (Å²) in [6.07, 6.45) is 0. The summed E-state index contributed by atoms with van der Waals surface area (Å²) >= 11 is 8.95. The van der Waals surface area contributed by atoms with Gasteiger partial charge in [-0.2, -0.15) is 0 Å². The van der Waals surface area contributed by atoms with Gasteiger partial charge in [-0.3, -0.25) is 0 Å². The maximum Gasteiger partial charge on any atom is 0.338 e. The molecule has 0 aliphatic heterocycles. The van der Waals surface area contributed by atoms with Crippen molar-refractivity contribution < 1.29 is 19.8 Å². The molecule has 0 bridgehead atoms. The normalized spacial score (nSPS) is 10.2. The topological polar surface area (TPSA) is 101 Å². The molecule has 0 aromatic heterocycles. The number of carboxylic acid groups (broad SMARTS) is 2. The van der Waals surface area contributed by atoms with Crippen LogP contribution in [0.4, 0.5) is 5.69 Å². The molecule has 5 nitrogen and oxygen atoms in total. The highest BCUT2D eigenvalue weighted by molar-refractivity contribution is 9.11. The number of halogens is 3. The second-order valence-corrected chi connectivity index (χ2v) is 5.09. The Hall–Kier alpha value is -0.600. The third-order valence-corrected chi connectivity index (χ3v) is 4.22. The zero-order chi connectivity index (χ0) is 12.6. The molecule has 0 saturated carbocycles. The van der Waals surface area contributed by atoms with Crippen LogP contribution < -0.4 is 5.73 Å². The Kier molecular flexibility index (Phi) is 3.97. The van der Waals surface area contributed by atoms with Crippen LogP contribution in [-0.2, 0) is 0 Å². The largest absolute Gasteiger partial charge is 0.478 e. The highest BCUT2D eigenvalue weighted by Gasteiger charge is 2.26. The first-order valence-electron chi connectivity index (χ1n) is 3.71. The molecule has 86 valence electrons. The van der Waals surface area contributed by atoms with E-state index in [1.165, 1.54) is 0 Å². The quantitative estimate of drug-likeness (QED) is 0.642. The summed E-state index contributed by atoms with van der Waals surface area (Å²) in [6.45, 7) is 0. The van der Waals surface area contributed by atoms with Crippen molar-refractivity contribution >= 4 is 65.4 Å². The van der Waals surface area contributed by atoms with Crippen molar-refractivity contribution in [3.05, 3.63) is 24.5 Å². The first-order chi connectivity index (χ1) is 7.29. The Morgan fingerprint density at radius 2 is 1.19 bits per heavy atom. The Balaban J connectivity index is 3.80. The van der Waals surface area contributed by atoms with Gasteiger partial charge in [-0.25, -0.2) is 9.59 Å². The Morgan fingerprint density at radius 3 is 1.44 bits per heavy atom. The monoisotopic (exact) mass is 415 g/mol. The van der Waals surface area contributed by atoms with E-state index in [1.54, 1.807) is 0 Å². The number of carboxylic acids is 2. The van der Waals surface area contributed by atoms with Crippen LogP contribution in [0.25, 0.3) is 0 Å². The summed E-state index contributed by atoms with van der Waals surface area (Å²) < 4.78 is 0.216. The molecule has 1 aromatic rings. The maximum absolute atomic E-state index is 11.0. The van der Waals surface area contributed by atoms with Gasteiger partial charge in [0.15, 0.2) is 0 Å². The standard InChI is InChI=1S/C8H4Br3NO4/c9-3-1(7(13)14)4(10)6(12)5(11)2(3)8(15)16/h12H2,(H,13,14)(H,15,16). The lowest BCUT2D eigenvalue weighted by atomic mass is 10.1. The lowest BCUT2D eigenvalue weighted by Crippen LogP contribution is -2.10. The van der Waals surface area contributed by atoms with Gasteiger partial charge in [0.25, 0.3) is 0 Å². The van der Waals surface area contributed by atoms with Crippen molar-refractivity contribution in [1.82, 2.24) is 0 Å². The minimum atomic E-state index is -1.28. The zero-order valence-corrected chi connectivity index (χ0v) is 12.2. The number of carbonyl (C=O) groups is 2. The summed E-state index contributed by atoms with van der Waals surface area (Å²) in [4.78, 5) is 21.9. The molecule has 0 aliphatic carbocycles. The van der Waals surface area contributed by atoms with Crippen LogP contribution in [0.5, 0.6) is 0 Å². The van der Waals surface area contributed by atoms with Crippen molar-refractivity contribution in [1.29, 1.82) is 0 Å². The molecule has 0 unspecified atom stereocenters. The first-order valence-corrected chi connectivity index (χ1v) is 6.09. The average Bonchev–Trinajstić information content (AvgIpc) is 2.13. The number of hydrogen-bond donors (Lipinski definition) is 3. The Morgan fingerprint density at radius 1 is 0.875 bits per heavy atom. The molecule has 0 fully saturated rings. The van der Waals surface area contributed by atoms with Gasteiger partial charge in [-0.05, 0) is 47.8 Å². The highest BCUT2D eigenvalue weighted by Crippen LogP contribution is 2.40. The van der Waals surface area contributed by atoms with Gasteiger partial charge in [-0.15, -0.1) is 0 Å². The third kappa shape index (κ3) is 2.09. The molecule has 8 heteroatoms. The van der Waals surface area contributed by atoms with Crippen LogP contribution in [0.2, 0.25) is 0 Å². The molecule has 0 saturated heterocycles. The highest BCUT2D eigenvalue weighted by atomic mass is 79.9. The number of nitrogens with two attached hydrogens (primary N) is 1. The third-order valence-electron chi connectivity index (χ3n) is 1.78. The fourth-order valence-electron chi connectivity index (χ4n) is 1.06. The Labute approximate surface area is 115 Å². The zero-order valence-electron chi connectivity index (χ0n) is 7.42. The number of nitrogen functional groups attached to an aromatic ring is 1. The lowest BCUT2D eigenvalue weighted by molar-refractivity contribution is 0.0695. The molecular weight excluding hydrogens is 414 g/mol. The van der Waals surface area contributed by atoms with Crippen LogP contribution in [-0.4, -0.2) is 22.2 Å². The van der Waals surface area contributed by atoms with E-state index in [0.717, 1.165) is 0 Å². The first kappa shape index (κ1) is 13.5. The van der Waals surface area contributed by atoms with Gasteiger partial charge in [0.2, 0.25) is 0 Å². The predicted molar refractivity (Wildman–Crippen MR) is 67.9 cm³/mol. The molecule has 16 heavy (non-hydrogen) atoms. The summed E-state index contributed by atoms with van der Waals surface area (Å²) in [5.74, 6) is -2.55. The minimum absolute atomic E-state index is 0.0259. The van der Waals surface area contributed by atoms with Gasteiger partial charge >= 0.3 is 11.9 Å². The van der Waals surface area contributed by atoms with Gasteiger partial charge in [-0.1, -0.05) is 0 Å². The molecule has 0 radical (unpaired) electrons. The molecular formula is C8H4Br3NO4. The van der Waals surface area contributed by atoms with E-state index in [1.807, 2.05) is 0 Å². The number of aromatic carboxylic acids is 2. The van der Waals surface area contributed by atoms with E-state index in [2.05, 4.69) is 47.8 Å². The number of benzene rings is 1. The Bertz CT molecular complexity index is 460. The number of rotatable bonds is 2. The summed E-state index contributed by atoms with van der Waals surface area (Å²) in [7, 11) is 0. The fourth-order valence-corrected chi connectivity index (χ4v) is 3.72. The second-order valence-electron chi connectivity index (χ2n) is 2.72. The van der Waals surface area contributed by atoms with Crippen LogP contribution in [0, 0.1) is 0 Å². The lowest BCUT2D eigenvalue weighted by Gasteiger charge is -2.11. The van der Waals surface area contributed by atoms with Crippen LogP contribution in [0.1, 0.15) is 20.7 Å². The molecule has 1 rings (SSSR count). The van der Waals surface area contributed by atoms with E-state index in [4.69, 9.17) is 15.9 Å². The van der Waals surface area contributed by atoms with Crippen molar-refractivity contribution in [2.24, 2.45) is 0 Å². The van der Waals surface area contributed by atoms with Crippen molar-refractivity contribution in [3.63, 3.8) is 0 Å². The molecule has 0 heterocycles. The smallest absolute Gasteiger partial charge is 0.338 e. The summed E-state index contributed by atoms with van der Waals surface area (Å²) in [5.41, 5.74) is 5.16. The van der Waals surface area contributed by atoms with Gasteiger partial charge in [0, 0.05) is 4.47 Å². The van der Waals surface area contributed by atoms with Gasteiger partial charge in [0.05, 0.1) is 25.8 Å². The van der Waals surface area contributed by atoms with Crippen molar-refractivity contribution in [3.8, 4) is 0 Å². The van der Waals surface area contributed by atoms with E-state index >= 15 is 0 Å². The van der Waals surface area contributed by atoms with Gasteiger partial charge < -0.3 is 15.9 Å². The van der Waals surface area contributed by atoms with Crippen LogP contribution in [0.3, 0.4) is 0 Å². The van der Waals surface area contributed by atoms with Crippen molar-refractivity contribution in [2.75, 3.05) is 5.73 Å². The molecule has 0 spiro atoms. The molecule has 0 aliphatic rings. The molecule has 1 aromatic carbocycles. The van der Waals surface area contributed by atoms with E-state index in [-0.39, 0.29) is 30.2 Å². The number of hydrogen-bond acceptors (Lipinski definition) is 3. The summed E-state index contributed by atoms with van der Waals surface area (Å²) in [6, 6.07) is 0. The van der Waals surface area contributed by atoms with E-state index < -0.39 is 11.9 Å². The fraction of sp³-hybridized carbons (Fsp3) is 0. The average molecular weight is 418 g/mol. The molecule has 0 atom stereocenters. The summed E-state index contributed by atoms with van der Waals surface area (Å²) in [5, 5.41) is 17.9. The molecule has 4 N–H and O–H groups in total. The van der Waals surface area contributed by atoms with Crippen LogP contribution in [0.15, 0.2) is 13.4 Å². The van der Waals surface area contributed by atoms with E-state index in [9.17, 15) is 9.59 Å². The maximum atomic E-state index is 11.0. The number of anilines is 1. The molecule has 0 amide bonds. The van der Waals surface area contributed by atoms with Crippen LogP contribution >= 0.6 is 47.8 Å². The predicted octanol–water partition coefficient (Wildman–Crippen LogP) is 2.95. The second kappa shape index (κ2) is 4.72. The SMILES string of the molecule is Nc1c(Br)c(C(=O)O)c(Br)c(C(=O)O)c1Br. The van der Waals surface area contributed by atoms with Crippen molar-refractivity contribution in [2.45, 2.75) is 0 Å². The minimum Gasteiger partial charge on any atom is -0.478 e. The van der Waals surface area contributed by atoms with Gasteiger partial charge in [0.1, 0.15) is 0 Å². The van der Waals surface area contributed by atoms with E-state index in [0.29, 0.717) is 0 Å².